The lowest BCUT2D eigenvalue weighted by atomic mass is 10.1. The SMILES string of the molecule is CCc1cc[n+](CC(=O)c2ccccc2)cc1. The summed E-state index contributed by atoms with van der Waals surface area (Å²) in [6, 6.07) is 13.5. The molecule has 0 atom stereocenters. The summed E-state index contributed by atoms with van der Waals surface area (Å²) in [5.74, 6) is 0.139. The van der Waals surface area contributed by atoms with Crippen LogP contribution in [0.4, 0.5) is 0 Å². The van der Waals surface area contributed by atoms with Gasteiger partial charge in [-0.25, -0.2) is 0 Å². The minimum Gasteiger partial charge on any atom is -0.287 e. The lowest BCUT2D eigenvalue weighted by Crippen LogP contribution is -2.37. The van der Waals surface area contributed by atoms with E-state index in [-0.39, 0.29) is 5.78 Å². The molecule has 86 valence electrons. The molecule has 0 bridgehead atoms. The minimum atomic E-state index is 0.139. The average molecular weight is 226 g/mol. The predicted molar refractivity (Wildman–Crippen MR) is 66.8 cm³/mol. The molecule has 0 aliphatic heterocycles. The highest BCUT2D eigenvalue weighted by Gasteiger charge is 2.10. The molecule has 2 nitrogen and oxygen atoms in total. The fraction of sp³-hybridized carbons (Fsp3) is 0.200. The normalized spacial score (nSPS) is 10.2. The van der Waals surface area contributed by atoms with E-state index in [0.717, 1.165) is 12.0 Å². The molecule has 0 amide bonds. The highest BCUT2D eigenvalue weighted by molar-refractivity contribution is 5.94. The summed E-state index contributed by atoms with van der Waals surface area (Å²) < 4.78 is 1.91. The van der Waals surface area contributed by atoms with E-state index in [4.69, 9.17) is 0 Å². The third-order valence-corrected chi connectivity index (χ3v) is 2.79. The molecule has 0 saturated heterocycles. The number of hydrogen-bond acceptors (Lipinski definition) is 1. The fourth-order valence-electron chi connectivity index (χ4n) is 1.71. The van der Waals surface area contributed by atoms with E-state index in [9.17, 15) is 4.79 Å². The van der Waals surface area contributed by atoms with E-state index < -0.39 is 0 Å². The van der Waals surface area contributed by atoms with Gasteiger partial charge in [0.15, 0.2) is 12.4 Å². The maximum absolute atomic E-state index is 11.9. The number of carbonyl (C=O) groups excluding carboxylic acids is 1. The van der Waals surface area contributed by atoms with Crippen molar-refractivity contribution in [3.63, 3.8) is 0 Å². The number of carbonyl (C=O) groups is 1. The van der Waals surface area contributed by atoms with E-state index in [1.165, 1.54) is 5.56 Å². The third-order valence-electron chi connectivity index (χ3n) is 2.79. The van der Waals surface area contributed by atoms with Gasteiger partial charge in [0.25, 0.3) is 0 Å². The Hall–Kier alpha value is -1.96. The second-order valence-corrected chi connectivity index (χ2v) is 4.02. The molecule has 0 saturated carbocycles. The van der Waals surface area contributed by atoms with E-state index >= 15 is 0 Å². The molecule has 0 N–H and O–H groups in total. The molecular formula is C15H16NO+. The van der Waals surface area contributed by atoms with Gasteiger partial charge in [-0.2, -0.15) is 4.57 Å². The van der Waals surface area contributed by atoms with Crippen LogP contribution in [-0.4, -0.2) is 5.78 Å². The number of aromatic nitrogens is 1. The Morgan fingerprint density at radius 3 is 2.29 bits per heavy atom. The molecule has 0 radical (unpaired) electrons. The summed E-state index contributed by atoms with van der Waals surface area (Å²) in [4.78, 5) is 11.9. The van der Waals surface area contributed by atoms with E-state index in [0.29, 0.717) is 6.54 Å². The molecule has 2 heteroatoms. The van der Waals surface area contributed by atoms with Crippen LogP contribution in [0.15, 0.2) is 54.9 Å². The first-order chi connectivity index (χ1) is 8.29. The number of rotatable bonds is 4. The molecule has 0 unspecified atom stereocenters. The topological polar surface area (TPSA) is 20.9 Å². The second kappa shape index (κ2) is 5.39. The lowest BCUT2D eigenvalue weighted by molar-refractivity contribution is -0.683. The molecule has 2 rings (SSSR count). The molecule has 17 heavy (non-hydrogen) atoms. The predicted octanol–water partition coefficient (Wildman–Crippen LogP) is 2.42. The number of Topliss-reactive ketones (excluding diaryl/α,β-unsaturated/α-hetero) is 1. The van der Waals surface area contributed by atoms with Crippen LogP contribution in [-0.2, 0) is 13.0 Å². The number of hydrogen-bond donors (Lipinski definition) is 0. The van der Waals surface area contributed by atoms with Crippen LogP contribution >= 0.6 is 0 Å². The lowest BCUT2D eigenvalue weighted by Gasteiger charge is -1.98. The van der Waals surface area contributed by atoms with Crippen LogP contribution in [0.3, 0.4) is 0 Å². The largest absolute Gasteiger partial charge is 0.287 e. The second-order valence-electron chi connectivity index (χ2n) is 4.02. The Morgan fingerprint density at radius 1 is 1.06 bits per heavy atom. The van der Waals surface area contributed by atoms with Crippen LogP contribution in [0, 0.1) is 0 Å². The van der Waals surface area contributed by atoms with Crippen molar-refractivity contribution in [2.75, 3.05) is 0 Å². The standard InChI is InChI=1S/C15H16NO/c1-2-13-8-10-16(11-9-13)12-15(17)14-6-4-3-5-7-14/h3-11H,2,12H2,1H3/q+1. The van der Waals surface area contributed by atoms with Crippen molar-refractivity contribution in [2.45, 2.75) is 19.9 Å². The molecule has 1 aromatic carbocycles. The van der Waals surface area contributed by atoms with Gasteiger partial charge in [-0.1, -0.05) is 37.3 Å². The summed E-state index contributed by atoms with van der Waals surface area (Å²) in [7, 11) is 0. The van der Waals surface area contributed by atoms with E-state index in [1.807, 2.05) is 47.3 Å². The number of aryl methyl sites for hydroxylation is 1. The Bertz CT molecular complexity index is 488. The Kier molecular flexibility index (Phi) is 3.66. The monoisotopic (exact) mass is 226 g/mol. The summed E-state index contributed by atoms with van der Waals surface area (Å²) in [5.41, 5.74) is 2.05. The maximum atomic E-state index is 11.9. The van der Waals surface area contributed by atoms with Gasteiger partial charge in [-0.05, 0) is 12.0 Å². The minimum absolute atomic E-state index is 0.139. The third kappa shape index (κ3) is 3.00. The number of nitrogens with zero attached hydrogens (tertiary/aromatic N) is 1. The number of ketones is 1. The van der Waals surface area contributed by atoms with Gasteiger partial charge in [0.05, 0.1) is 0 Å². The van der Waals surface area contributed by atoms with Crippen LogP contribution in [0.5, 0.6) is 0 Å². The Morgan fingerprint density at radius 2 is 1.71 bits per heavy atom. The average Bonchev–Trinajstić information content (AvgIpc) is 2.40. The van der Waals surface area contributed by atoms with Crippen molar-refractivity contribution >= 4 is 5.78 Å². The van der Waals surface area contributed by atoms with Crippen molar-refractivity contribution in [2.24, 2.45) is 0 Å². The molecule has 1 aromatic heterocycles. The first kappa shape index (κ1) is 11.5. The zero-order chi connectivity index (χ0) is 12.1. The van der Waals surface area contributed by atoms with Crippen molar-refractivity contribution in [1.29, 1.82) is 0 Å². The zero-order valence-corrected chi connectivity index (χ0v) is 9.97. The smallest absolute Gasteiger partial charge is 0.227 e. The number of pyridine rings is 1. The van der Waals surface area contributed by atoms with E-state index in [1.54, 1.807) is 0 Å². The molecule has 2 aromatic rings. The van der Waals surface area contributed by atoms with Crippen molar-refractivity contribution in [3.05, 3.63) is 66.0 Å². The van der Waals surface area contributed by atoms with Crippen molar-refractivity contribution in [3.8, 4) is 0 Å². The van der Waals surface area contributed by atoms with Gasteiger partial charge >= 0.3 is 0 Å². The van der Waals surface area contributed by atoms with Crippen LogP contribution in [0.1, 0.15) is 22.8 Å². The summed E-state index contributed by atoms with van der Waals surface area (Å²) in [6.07, 6.45) is 4.94. The Labute approximate surface area is 102 Å². The summed E-state index contributed by atoms with van der Waals surface area (Å²) >= 11 is 0. The fourth-order valence-corrected chi connectivity index (χ4v) is 1.71. The van der Waals surface area contributed by atoms with E-state index in [2.05, 4.69) is 19.1 Å². The molecule has 0 spiro atoms. The molecule has 1 heterocycles. The molecule has 0 aliphatic carbocycles. The van der Waals surface area contributed by atoms with Crippen LogP contribution in [0.25, 0.3) is 0 Å². The molecule has 0 fully saturated rings. The maximum Gasteiger partial charge on any atom is 0.227 e. The first-order valence-corrected chi connectivity index (χ1v) is 5.86. The quantitative estimate of drug-likeness (QED) is 0.579. The number of benzene rings is 1. The van der Waals surface area contributed by atoms with Gasteiger partial charge in [-0.15, -0.1) is 0 Å². The summed E-state index contributed by atoms with van der Waals surface area (Å²) in [6.45, 7) is 2.52. The van der Waals surface area contributed by atoms with Crippen LogP contribution < -0.4 is 4.57 Å². The summed E-state index contributed by atoms with van der Waals surface area (Å²) in [5, 5.41) is 0. The van der Waals surface area contributed by atoms with Gasteiger partial charge in [0.2, 0.25) is 12.3 Å². The van der Waals surface area contributed by atoms with Gasteiger partial charge < -0.3 is 0 Å². The van der Waals surface area contributed by atoms with Gasteiger partial charge in [0, 0.05) is 17.7 Å². The van der Waals surface area contributed by atoms with Crippen molar-refractivity contribution in [1.82, 2.24) is 0 Å². The van der Waals surface area contributed by atoms with Crippen molar-refractivity contribution < 1.29 is 9.36 Å². The highest BCUT2D eigenvalue weighted by atomic mass is 16.1. The molecular weight excluding hydrogens is 210 g/mol. The van der Waals surface area contributed by atoms with Crippen LogP contribution in [0.2, 0.25) is 0 Å². The van der Waals surface area contributed by atoms with Gasteiger partial charge in [-0.3, -0.25) is 4.79 Å². The Balaban J connectivity index is 2.08. The highest BCUT2D eigenvalue weighted by Crippen LogP contribution is 2.00. The zero-order valence-electron chi connectivity index (χ0n) is 9.97. The van der Waals surface area contributed by atoms with Gasteiger partial charge in [0.1, 0.15) is 0 Å². The molecule has 0 aliphatic rings. The first-order valence-electron chi connectivity index (χ1n) is 5.86.